The maximum atomic E-state index is 11.5. The maximum Gasteiger partial charge on any atom is 0.337 e. The fraction of sp³-hybridized carbons (Fsp3) is 0.462. The summed E-state index contributed by atoms with van der Waals surface area (Å²) in [6.45, 7) is 4.01. The van der Waals surface area contributed by atoms with E-state index in [2.05, 4.69) is 4.90 Å². The van der Waals surface area contributed by atoms with Gasteiger partial charge in [0.05, 0.1) is 25.9 Å². The third-order valence-electron chi connectivity index (χ3n) is 3.06. The number of ether oxygens (including phenoxy) is 2. The van der Waals surface area contributed by atoms with E-state index in [1.165, 1.54) is 7.11 Å². The number of carbonyl (C=O) groups excluding carboxylic acids is 1. The second kappa shape index (κ2) is 5.84. The van der Waals surface area contributed by atoms with E-state index in [1.54, 1.807) is 18.2 Å². The molecule has 2 rings (SSSR count). The van der Waals surface area contributed by atoms with Crippen LogP contribution in [0, 0.1) is 0 Å². The van der Waals surface area contributed by atoms with Crippen LogP contribution in [0.25, 0.3) is 0 Å². The summed E-state index contributed by atoms with van der Waals surface area (Å²) >= 11 is 0. The number of benzene rings is 1. The fourth-order valence-corrected chi connectivity index (χ4v) is 1.99. The van der Waals surface area contributed by atoms with Crippen molar-refractivity contribution in [3.63, 3.8) is 0 Å². The highest BCUT2D eigenvalue weighted by atomic mass is 16.5. The lowest BCUT2D eigenvalue weighted by molar-refractivity contribution is 0.0342. The SMILES string of the molecule is COC(=O)c1ccc(N)c(CN2CCOCC2)c1. The van der Waals surface area contributed by atoms with Crippen LogP contribution in [0.2, 0.25) is 0 Å². The van der Waals surface area contributed by atoms with Gasteiger partial charge in [0.2, 0.25) is 0 Å². The molecule has 1 aliphatic rings. The Bertz CT molecular complexity index is 428. The number of nitrogens with zero attached hydrogens (tertiary/aromatic N) is 1. The van der Waals surface area contributed by atoms with Crippen LogP contribution in [0.5, 0.6) is 0 Å². The second-order valence-electron chi connectivity index (χ2n) is 4.29. The van der Waals surface area contributed by atoms with Gasteiger partial charge in [-0.1, -0.05) is 0 Å². The standard InChI is InChI=1S/C13H18N2O3/c1-17-13(16)10-2-3-12(14)11(8-10)9-15-4-6-18-7-5-15/h2-3,8H,4-7,9,14H2,1H3. The highest BCUT2D eigenvalue weighted by Gasteiger charge is 2.14. The average Bonchev–Trinajstić information content (AvgIpc) is 2.41. The smallest absolute Gasteiger partial charge is 0.337 e. The second-order valence-corrected chi connectivity index (χ2v) is 4.29. The van der Waals surface area contributed by atoms with Gasteiger partial charge in [0, 0.05) is 25.3 Å². The molecule has 5 heteroatoms. The molecule has 0 amide bonds. The van der Waals surface area contributed by atoms with Crippen LogP contribution in [0.4, 0.5) is 5.69 Å². The highest BCUT2D eigenvalue weighted by Crippen LogP contribution is 2.17. The molecule has 0 atom stereocenters. The molecule has 1 saturated heterocycles. The van der Waals surface area contributed by atoms with Crippen molar-refractivity contribution in [2.75, 3.05) is 39.1 Å². The van der Waals surface area contributed by atoms with E-state index in [0.29, 0.717) is 11.3 Å². The molecule has 0 bridgehead atoms. The van der Waals surface area contributed by atoms with Crippen LogP contribution in [0.3, 0.4) is 0 Å². The molecule has 1 fully saturated rings. The number of anilines is 1. The van der Waals surface area contributed by atoms with Crippen molar-refractivity contribution in [3.8, 4) is 0 Å². The molecule has 0 aliphatic carbocycles. The van der Waals surface area contributed by atoms with Gasteiger partial charge in [-0.05, 0) is 23.8 Å². The summed E-state index contributed by atoms with van der Waals surface area (Å²) < 4.78 is 10.0. The van der Waals surface area contributed by atoms with E-state index >= 15 is 0 Å². The zero-order valence-electron chi connectivity index (χ0n) is 10.5. The van der Waals surface area contributed by atoms with Crippen molar-refractivity contribution in [2.24, 2.45) is 0 Å². The summed E-state index contributed by atoms with van der Waals surface area (Å²) in [6.07, 6.45) is 0. The van der Waals surface area contributed by atoms with E-state index in [0.717, 1.165) is 38.4 Å². The van der Waals surface area contributed by atoms with Crippen molar-refractivity contribution in [1.82, 2.24) is 4.90 Å². The predicted molar refractivity (Wildman–Crippen MR) is 68.3 cm³/mol. The summed E-state index contributed by atoms with van der Waals surface area (Å²) in [5, 5.41) is 0. The maximum absolute atomic E-state index is 11.5. The lowest BCUT2D eigenvalue weighted by atomic mass is 10.1. The van der Waals surface area contributed by atoms with Crippen LogP contribution < -0.4 is 5.73 Å². The van der Waals surface area contributed by atoms with Crippen molar-refractivity contribution < 1.29 is 14.3 Å². The van der Waals surface area contributed by atoms with Crippen LogP contribution in [0.15, 0.2) is 18.2 Å². The number of rotatable bonds is 3. The quantitative estimate of drug-likeness (QED) is 0.637. The third kappa shape index (κ3) is 3.00. The summed E-state index contributed by atoms with van der Waals surface area (Å²) in [7, 11) is 1.38. The Morgan fingerprint density at radius 2 is 2.17 bits per heavy atom. The van der Waals surface area contributed by atoms with Crippen LogP contribution >= 0.6 is 0 Å². The van der Waals surface area contributed by atoms with Gasteiger partial charge in [-0.25, -0.2) is 4.79 Å². The number of hydrogen-bond donors (Lipinski definition) is 1. The predicted octanol–water partition coefficient (Wildman–Crippen LogP) is 0.888. The molecule has 18 heavy (non-hydrogen) atoms. The van der Waals surface area contributed by atoms with Crippen LogP contribution in [-0.4, -0.2) is 44.3 Å². The molecule has 0 unspecified atom stereocenters. The minimum absolute atomic E-state index is 0.335. The highest BCUT2D eigenvalue weighted by molar-refractivity contribution is 5.90. The number of methoxy groups -OCH3 is 1. The Balaban J connectivity index is 2.12. The Labute approximate surface area is 106 Å². The van der Waals surface area contributed by atoms with Gasteiger partial charge in [-0.15, -0.1) is 0 Å². The zero-order valence-corrected chi connectivity index (χ0v) is 10.5. The molecule has 1 heterocycles. The Kier molecular flexibility index (Phi) is 4.17. The van der Waals surface area contributed by atoms with Gasteiger partial charge in [0.15, 0.2) is 0 Å². The number of hydrogen-bond acceptors (Lipinski definition) is 5. The minimum atomic E-state index is -0.335. The van der Waals surface area contributed by atoms with Gasteiger partial charge in [-0.2, -0.15) is 0 Å². The Morgan fingerprint density at radius 3 is 2.83 bits per heavy atom. The van der Waals surface area contributed by atoms with Gasteiger partial charge < -0.3 is 15.2 Å². The first-order valence-corrected chi connectivity index (χ1v) is 5.97. The monoisotopic (exact) mass is 250 g/mol. The lowest BCUT2D eigenvalue weighted by Gasteiger charge is -2.27. The van der Waals surface area contributed by atoms with Gasteiger partial charge >= 0.3 is 5.97 Å². The van der Waals surface area contributed by atoms with Crippen molar-refractivity contribution in [3.05, 3.63) is 29.3 Å². The van der Waals surface area contributed by atoms with E-state index in [1.807, 2.05) is 0 Å². The molecular formula is C13H18N2O3. The van der Waals surface area contributed by atoms with E-state index in [4.69, 9.17) is 15.2 Å². The normalized spacial score (nSPS) is 16.5. The fourth-order valence-electron chi connectivity index (χ4n) is 1.99. The molecule has 0 saturated carbocycles. The summed E-state index contributed by atoms with van der Waals surface area (Å²) in [5.74, 6) is -0.335. The molecule has 5 nitrogen and oxygen atoms in total. The molecule has 0 aromatic heterocycles. The van der Waals surface area contributed by atoms with Gasteiger partial charge in [0.1, 0.15) is 0 Å². The van der Waals surface area contributed by atoms with Crippen molar-refractivity contribution in [1.29, 1.82) is 0 Å². The molecule has 1 aromatic rings. The number of esters is 1. The first-order chi connectivity index (χ1) is 8.70. The first kappa shape index (κ1) is 12.9. The summed E-state index contributed by atoms with van der Waals surface area (Å²) in [5.41, 5.74) is 8.14. The van der Waals surface area contributed by atoms with Gasteiger partial charge in [-0.3, -0.25) is 4.90 Å². The number of nitrogens with two attached hydrogens (primary N) is 1. The third-order valence-corrected chi connectivity index (χ3v) is 3.06. The molecule has 0 radical (unpaired) electrons. The van der Waals surface area contributed by atoms with Crippen molar-refractivity contribution >= 4 is 11.7 Å². The molecule has 0 spiro atoms. The summed E-state index contributed by atoms with van der Waals surface area (Å²) in [6, 6.07) is 5.24. The van der Waals surface area contributed by atoms with Crippen LogP contribution in [0.1, 0.15) is 15.9 Å². The first-order valence-electron chi connectivity index (χ1n) is 5.97. The minimum Gasteiger partial charge on any atom is -0.465 e. The lowest BCUT2D eigenvalue weighted by Crippen LogP contribution is -2.35. The number of morpholine rings is 1. The van der Waals surface area contributed by atoms with E-state index in [9.17, 15) is 4.79 Å². The van der Waals surface area contributed by atoms with E-state index < -0.39 is 0 Å². The molecule has 1 aromatic carbocycles. The molecule has 2 N–H and O–H groups in total. The van der Waals surface area contributed by atoms with E-state index in [-0.39, 0.29) is 5.97 Å². The van der Waals surface area contributed by atoms with Crippen molar-refractivity contribution in [2.45, 2.75) is 6.54 Å². The van der Waals surface area contributed by atoms with Gasteiger partial charge in [0.25, 0.3) is 0 Å². The number of carbonyl (C=O) groups is 1. The molecular weight excluding hydrogens is 232 g/mol. The summed E-state index contributed by atoms with van der Waals surface area (Å²) in [4.78, 5) is 13.7. The van der Waals surface area contributed by atoms with Crippen LogP contribution in [-0.2, 0) is 16.0 Å². The molecule has 1 aliphatic heterocycles. The Hall–Kier alpha value is -1.59. The average molecular weight is 250 g/mol. The molecule has 98 valence electrons. The topological polar surface area (TPSA) is 64.8 Å². The largest absolute Gasteiger partial charge is 0.465 e. The zero-order chi connectivity index (χ0) is 13.0. The Morgan fingerprint density at radius 1 is 1.44 bits per heavy atom. The number of nitrogen functional groups attached to an aromatic ring is 1.